The summed E-state index contributed by atoms with van der Waals surface area (Å²) in [6.45, 7) is 0. The standard InChI is InChI=1S/C8H6N2O5/c11-7-5-3-4(10(13)14)1-2-6(5)15-8(12)9-7/h1-3,7,11H,(H,9,12). The summed E-state index contributed by atoms with van der Waals surface area (Å²) in [5.41, 5.74) is -0.00338. The van der Waals surface area contributed by atoms with E-state index in [1.165, 1.54) is 12.1 Å². The van der Waals surface area contributed by atoms with Gasteiger partial charge in [0.2, 0.25) is 0 Å². The summed E-state index contributed by atoms with van der Waals surface area (Å²) in [5, 5.41) is 21.9. The van der Waals surface area contributed by atoms with Crippen molar-refractivity contribution in [3.05, 3.63) is 33.9 Å². The molecule has 2 N–H and O–H groups in total. The second-order valence-electron chi connectivity index (χ2n) is 2.92. The zero-order valence-electron chi connectivity index (χ0n) is 7.34. The van der Waals surface area contributed by atoms with Crippen molar-refractivity contribution in [1.82, 2.24) is 5.32 Å². The Kier molecular flexibility index (Phi) is 2.01. The van der Waals surface area contributed by atoms with E-state index in [2.05, 4.69) is 5.32 Å². The van der Waals surface area contributed by atoms with E-state index in [1.54, 1.807) is 0 Å². The number of amides is 1. The lowest BCUT2D eigenvalue weighted by Gasteiger charge is -2.21. The number of aliphatic hydroxyl groups excluding tert-OH is 1. The van der Waals surface area contributed by atoms with E-state index in [0.29, 0.717) is 0 Å². The lowest BCUT2D eigenvalue weighted by Crippen LogP contribution is -2.35. The van der Waals surface area contributed by atoms with Gasteiger partial charge in [0, 0.05) is 12.1 Å². The molecule has 1 aromatic carbocycles. The maximum Gasteiger partial charge on any atom is 0.414 e. The zero-order chi connectivity index (χ0) is 11.0. The molecule has 1 amide bonds. The molecule has 1 aliphatic rings. The number of benzene rings is 1. The minimum Gasteiger partial charge on any atom is -0.410 e. The minimum absolute atomic E-state index is 0.122. The number of nitrogens with zero attached hydrogens (tertiary/aromatic N) is 1. The van der Waals surface area contributed by atoms with Gasteiger partial charge >= 0.3 is 6.09 Å². The molecular weight excluding hydrogens is 204 g/mol. The van der Waals surface area contributed by atoms with Crippen molar-refractivity contribution in [2.24, 2.45) is 0 Å². The van der Waals surface area contributed by atoms with Crippen molar-refractivity contribution in [3.63, 3.8) is 0 Å². The smallest absolute Gasteiger partial charge is 0.410 e. The molecular formula is C8H6N2O5. The van der Waals surface area contributed by atoms with Crippen LogP contribution in [0.1, 0.15) is 11.8 Å². The van der Waals surface area contributed by atoms with E-state index >= 15 is 0 Å². The van der Waals surface area contributed by atoms with E-state index in [4.69, 9.17) is 4.74 Å². The van der Waals surface area contributed by atoms with Crippen LogP contribution >= 0.6 is 0 Å². The number of aliphatic hydroxyl groups is 1. The van der Waals surface area contributed by atoms with E-state index in [-0.39, 0.29) is 17.0 Å². The zero-order valence-corrected chi connectivity index (χ0v) is 7.34. The highest BCUT2D eigenvalue weighted by Gasteiger charge is 2.26. The average Bonchev–Trinajstić information content (AvgIpc) is 2.16. The van der Waals surface area contributed by atoms with Gasteiger partial charge in [0.05, 0.1) is 10.5 Å². The predicted octanol–water partition coefficient (Wildman–Crippen LogP) is 0.688. The second-order valence-corrected chi connectivity index (χ2v) is 2.92. The van der Waals surface area contributed by atoms with Crippen molar-refractivity contribution in [2.75, 3.05) is 0 Å². The monoisotopic (exact) mass is 210 g/mol. The molecule has 7 nitrogen and oxygen atoms in total. The highest BCUT2D eigenvalue weighted by molar-refractivity contribution is 5.74. The van der Waals surface area contributed by atoms with Gasteiger partial charge in [-0.3, -0.25) is 15.4 Å². The first-order valence-electron chi connectivity index (χ1n) is 4.02. The van der Waals surface area contributed by atoms with Crippen LogP contribution in [0.5, 0.6) is 5.75 Å². The van der Waals surface area contributed by atoms with Crippen LogP contribution < -0.4 is 10.1 Å². The van der Waals surface area contributed by atoms with Gasteiger partial charge in [0.15, 0.2) is 6.23 Å². The van der Waals surface area contributed by atoms with E-state index < -0.39 is 17.2 Å². The van der Waals surface area contributed by atoms with E-state index in [0.717, 1.165) is 6.07 Å². The van der Waals surface area contributed by atoms with Crippen LogP contribution in [0, 0.1) is 10.1 Å². The fourth-order valence-corrected chi connectivity index (χ4v) is 1.27. The fourth-order valence-electron chi connectivity index (χ4n) is 1.27. The summed E-state index contributed by atoms with van der Waals surface area (Å²) >= 11 is 0. The molecule has 78 valence electrons. The Morgan fingerprint density at radius 3 is 2.93 bits per heavy atom. The molecule has 7 heteroatoms. The Morgan fingerprint density at radius 2 is 2.27 bits per heavy atom. The van der Waals surface area contributed by atoms with Crippen molar-refractivity contribution < 1.29 is 19.6 Å². The lowest BCUT2D eigenvalue weighted by molar-refractivity contribution is -0.385. The van der Waals surface area contributed by atoms with Crippen LogP contribution in [0.3, 0.4) is 0 Å². The average molecular weight is 210 g/mol. The minimum atomic E-state index is -1.28. The van der Waals surface area contributed by atoms with Gasteiger partial charge in [0.25, 0.3) is 5.69 Å². The third-order valence-corrected chi connectivity index (χ3v) is 1.96. The van der Waals surface area contributed by atoms with Crippen molar-refractivity contribution in [1.29, 1.82) is 0 Å². The normalized spacial score (nSPS) is 18.7. The van der Waals surface area contributed by atoms with Gasteiger partial charge < -0.3 is 9.84 Å². The number of carbonyl (C=O) groups is 1. The van der Waals surface area contributed by atoms with Crippen molar-refractivity contribution in [3.8, 4) is 5.75 Å². The van der Waals surface area contributed by atoms with Crippen molar-refractivity contribution in [2.45, 2.75) is 6.23 Å². The van der Waals surface area contributed by atoms with Gasteiger partial charge in [-0.25, -0.2) is 4.79 Å². The Hall–Kier alpha value is -2.15. The topological polar surface area (TPSA) is 102 Å². The molecule has 2 rings (SSSR count). The Bertz CT molecular complexity index is 445. The van der Waals surface area contributed by atoms with Gasteiger partial charge in [-0.05, 0) is 6.07 Å². The SMILES string of the molecule is O=C1NC(O)c2cc([N+](=O)[O-])ccc2O1. The van der Waals surface area contributed by atoms with Gasteiger partial charge in [-0.1, -0.05) is 0 Å². The van der Waals surface area contributed by atoms with Crippen LogP contribution in [-0.2, 0) is 0 Å². The molecule has 0 aliphatic carbocycles. The first-order valence-corrected chi connectivity index (χ1v) is 4.02. The first-order chi connectivity index (χ1) is 7.08. The maximum atomic E-state index is 10.8. The number of hydrogen-bond acceptors (Lipinski definition) is 5. The summed E-state index contributed by atoms with van der Waals surface area (Å²) in [6.07, 6.45) is -2.06. The molecule has 0 aromatic heterocycles. The first kappa shape index (κ1) is 9.41. The number of hydrogen-bond donors (Lipinski definition) is 2. The largest absolute Gasteiger partial charge is 0.414 e. The number of fused-ring (bicyclic) bond motifs is 1. The summed E-state index contributed by atoms with van der Waals surface area (Å²) < 4.78 is 4.70. The molecule has 0 saturated carbocycles. The number of non-ortho nitro benzene ring substituents is 1. The number of nitro benzene ring substituents is 1. The van der Waals surface area contributed by atoms with Crippen LogP contribution in [0.2, 0.25) is 0 Å². The van der Waals surface area contributed by atoms with Crippen LogP contribution in [0.25, 0.3) is 0 Å². The quantitative estimate of drug-likeness (QED) is 0.524. The highest BCUT2D eigenvalue weighted by atomic mass is 16.6. The predicted molar refractivity (Wildman–Crippen MR) is 47.2 cm³/mol. The fraction of sp³-hybridized carbons (Fsp3) is 0.125. The van der Waals surface area contributed by atoms with Gasteiger partial charge in [-0.2, -0.15) is 0 Å². The molecule has 1 aliphatic heterocycles. The number of carbonyl (C=O) groups excluding carboxylic acids is 1. The maximum absolute atomic E-state index is 10.8. The van der Waals surface area contributed by atoms with Crippen LogP contribution in [0.4, 0.5) is 10.5 Å². The molecule has 0 bridgehead atoms. The van der Waals surface area contributed by atoms with Gasteiger partial charge in [-0.15, -0.1) is 0 Å². The highest BCUT2D eigenvalue weighted by Crippen LogP contribution is 2.30. The molecule has 1 heterocycles. The van der Waals surface area contributed by atoms with Crippen molar-refractivity contribution >= 4 is 11.8 Å². The molecule has 0 saturated heterocycles. The lowest BCUT2D eigenvalue weighted by atomic mass is 10.1. The number of ether oxygens (including phenoxy) is 1. The number of rotatable bonds is 1. The summed E-state index contributed by atoms with van der Waals surface area (Å²) in [4.78, 5) is 20.7. The second kappa shape index (κ2) is 3.21. The Labute approximate surface area is 83.4 Å². The molecule has 0 fully saturated rings. The molecule has 0 spiro atoms. The molecule has 1 unspecified atom stereocenters. The molecule has 0 radical (unpaired) electrons. The third kappa shape index (κ3) is 1.59. The number of nitrogens with one attached hydrogen (secondary N) is 1. The number of nitro groups is 1. The summed E-state index contributed by atoms with van der Waals surface area (Å²) in [7, 11) is 0. The summed E-state index contributed by atoms with van der Waals surface area (Å²) in [5.74, 6) is 0.122. The molecule has 1 aromatic rings. The molecule has 15 heavy (non-hydrogen) atoms. The summed E-state index contributed by atoms with van der Waals surface area (Å²) in [6, 6.07) is 3.62. The van der Waals surface area contributed by atoms with E-state index in [1.807, 2.05) is 0 Å². The van der Waals surface area contributed by atoms with Gasteiger partial charge in [0.1, 0.15) is 5.75 Å². The van der Waals surface area contributed by atoms with Crippen LogP contribution in [-0.4, -0.2) is 16.1 Å². The Balaban J connectivity index is 2.48. The molecule has 1 atom stereocenters. The third-order valence-electron chi connectivity index (χ3n) is 1.96. The van der Waals surface area contributed by atoms with E-state index in [9.17, 15) is 20.0 Å². The Morgan fingerprint density at radius 1 is 1.53 bits per heavy atom. The van der Waals surface area contributed by atoms with Crippen LogP contribution in [0.15, 0.2) is 18.2 Å².